The Morgan fingerprint density at radius 2 is 1.28 bits per heavy atom. The molecule has 1 N–H and O–H groups in total. The lowest BCUT2D eigenvalue weighted by Crippen LogP contribution is -2.39. The van der Waals surface area contributed by atoms with Crippen molar-refractivity contribution in [3.63, 3.8) is 0 Å². The van der Waals surface area contributed by atoms with Gasteiger partial charge in [-0.05, 0) is 50.2 Å². The van der Waals surface area contributed by atoms with E-state index in [0.29, 0.717) is 12.4 Å². The van der Waals surface area contributed by atoms with Crippen molar-refractivity contribution < 1.29 is 0 Å². The van der Waals surface area contributed by atoms with Crippen LogP contribution in [0.4, 0.5) is 5.82 Å². The number of hydrogen-bond acceptors (Lipinski definition) is 7. The number of nitrogens with one attached hydrogen (secondary N) is 1. The van der Waals surface area contributed by atoms with Gasteiger partial charge in [0, 0.05) is 18.7 Å². The lowest BCUT2D eigenvalue weighted by atomic mass is 9.77. The van der Waals surface area contributed by atoms with E-state index < -0.39 is 5.54 Å². The molecule has 0 atom stereocenters. The van der Waals surface area contributed by atoms with Gasteiger partial charge < -0.3 is 4.90 Å². The number of nitrogens with zero attached hydrogens (tertiary/aromatic N) is 8. The third-order valence-electron chi connectivity index (χ3n) is 9.19. The van der Waals surface area contributed by atoms with Gasteiger partial charge in [-0.1, -0.05) is 146 Å². The van der Waals surface area contributed by atoms with Crippen molar-refractivity contribution in [3.05, 3.63) is 174 Å². The molecule has 50 heavy (non-hydrogen) atoms. The Bertz CT molecular complexity index is 2220. The third-order valence-corrected chi connectivity index (χ3v) is 9.19. The van der Waals surface area contributed by atoms with Gasteiger partial charge in [-0.2, -0.15) is 5.10 Å². The fourth-order valence-electron chi connectivity index (χ4n) is 6.96. The van der Waals surface area contributed by atoms with Gasteiger partial charge in [-0.3, -0.25) is 5.10 Å². The zero-order chi connectivity index (χ0) is 33.8. The Balaban J connectivity index is 1.22. The summed E-state index contributed by atoms with van der Waals surface area (Å²) in [5.74, 6) is 1.55. The van der Waals surface area contributed by atoms with E-state index in [1.54, 1.807) is 12.5 Å². The first-order valence-corrected chi connectivity index (χ1v) is 16.8. The molecular weight excluding hydrogens is 619 g/mol. The molecule has 9 nitrogen and oxygen atoms in total. The fraction of sp³-hybridized carbons (Fsp3) is 0.122. The maximum absolute atomic E-state index is 4.77. The number of aromatic amines is 1. The molecule has 8 aromatic rings. The van der Waals surface area contributed by atoms with Crippen LogP contribution in [0.3, 0.4) is 0 Å². The first kappa shape index (κ1) is 30.8. The number of benzene rings is 5. The lowest BCUT2D eigenvalue weighted by molar-refractivity contribution is 0.451. The number of H-pyrrole nitrogens is 1. The van der Waals surface area contributed by atoms with Crippen LogP contribution in [-0.4, -0.2) is 46.9 Å². The minimum absolute atomic E-state index is 0.670. The molecule has 0 aliphatic rings. The molecule has 0 saturated carbocycles. The Morgan fingerprint density at radius 1 is 0.680 bits per heavy atom. The first-order chi connectivity index (χ1) is 24.8. The van der Waals surface area contributed by atoms with Crippen LogP contribution in [0.25, 0.3) is 33.5 Å². The van der Waals surface area contributed by atoms with Crippen LogP contribution < -0.4 is 4.90 Å². The van der Waals surface area contributed by atoms with Crippen LogP contribution in [0, 0.1) is 0 Å². The molecule has 0 fully saturated rings. The van der Waals surface area contributed by atoms with Crippen LogP contribution in [0.2, 0.25) is 0 Å². The average Bonchev–Trinajstić information content (AvgIpc) is 3.88. The van der Waals surface area contributed by atoms with E-state index >= 15 is 0 Å². The average molecular weight is 654 g/mol. The number of anilines is 1. The van der Waals surface area contributed by atoms with Crippen LogP contribution in [0.5, 0.6) is 0 Å². The number of rotatable bonds is 11. The molecule has 9 heteroatoms. The van der Waals surface area contributed by atoms with Crippen LogP contribution in [0.1, 0.15) is 35.6 Å². The smallest absolute Gasteiger partial charge is 0.184 e. The van der Waals surface area contributed by atoms with E-state index in [-0.39, 0.29) is 0 Å². The van der Waals surface area contributed by atoms with Crippen molar-refractivity contribution >= 4 is 16.9 Å². The summed E-state index contributed by atoms with van der Waals surface area (Å²) in [5.41, 5.74) is 7.29. The van der Waals surface area contributed by atoms with Crippen molar-refractivity contribution in [2.45, 2.75) is 25.4 Å². The minimum Gasteiger partial charge on any atom is -0.352 e. The van der Waals surface area contributed by atoms with Gasteiger partial charge in [-0.15, -0.1) is 5.10 Å². The third kappa shape index (κ3) is 5.48. The van der Waals surface area contributed by atoms with E-state index in [0.717, 1.165) is 63.2 Å². The molecule has 0 amide bonds. The zero-order valence-corrected chi connectivity index (χ0v) is 27.6. The number of tetrazole rings is 1. The predicted octanol–water partition coefficient (Wildman–Crippen LogP) is 7.93. The largest absolute Gasteiger partial charge is 0.352 e. The van der Waals surface area contributed by atoms with E-state index in [4.69, 9.17) is 10.3 Å². The molecule has 3 aromatic heterocycles. The molecule has 8 rings (SSSR count). The lowest BCUT2D eigenvalue weighted by Gasteiger charge is -2.36. The zero-order valence-electron chi connectivity index (χ0n) is 27.6. The second-order valence-electron chi connectivity index (χ2n) is 12.2. The molecule has 5 aromatic carbocycles. The molecule has 0 radical (unpaired) electrons. The summed E-state index contributed by atoms with van der Waals surface area (Å²) >= 11 is 0. The van der Waals surface area contributed by atoms with Crippen molar-refractivity contribution in [1.29, 1.82) is 0 Å². The SMILES string of the molecule is CCCN(Cc1ccc(-c2ccccc2-c2nnnn2C(c2ccccc2)(c2ccccc2)c2ccccc2)cc1)c1ncnc2[nH]ncc12. The fourth-order valence-corrected chi connectivity index (χ4v) is 6.96. The summed E-state index contributed by atoms with van der Waals surface area (Å²) in [6.07, 6.45) is 4.37. The molecule has 0 bridgehead atoms. The van der Waals surface area contributed by atoms with E-state index in [1.165, 1.54) is 5.56 Å². The quantitative estimate of drug-likeness (QED) is 0.142. The highest BCUT2D eigenvalue weighted by Crippen LogP contribution is 2.43. The molecule has 0 spiro atoms. The summed E-state index contributed by atoms with van der Waals surface area (Å²) in [5, 5.41) is 21.9. The number of hydrogen-bond donors (Lipinski definition) is 1. The highest BCUT2D eigenvalue weighted by Gasteiger charge is 2.42. The molecule has 0 aliphatic heterocycles. The summed E-state index contributed by atoms with van der Waals surface area (Å²) in [6.45, 7) is 3.74. The predicted molar refractivity (Wildman–Crippen MR) is 196 cm³/mol. The first-order valence-electron chi connectivity index (χ1n) is 16.8. The Kier molecular flexibility index (Phi) is 8.36. The highest BCUT2D eigenvalue weighted by atomic mass is 15.6. The number of fused-ring (bicyclic) bond motifs is 1. The molecule has 0 unspecified atom stereocenters. The van der Waals surface area contributed by atoms with Crippen LogP contribution in [-0.2, 0) is 12.1 Å². The van der Waals surface area contributed by atoms with Gasteiger partial charge >= 0.3 is 0 Å². The van der Waals surface area contributed by atoms with Crippen molar-refractivity contribution in [3.8, 4) is 22.5 Å². The van der Waals surface area contributed by atoms with Gasteiger partial charge in [0.05, 0.1) is 11.6 Å². The van der Waals surface area contributed by atoms with Crippen molar-refractivity contribution in [1.82, 2.24) is 40.4 Å². The Morgan fingerprint density at radius 3 is 1.90 bits per heavy atom. The van der Waals surface area contributed by atoms with Gasteiger partial charge in [0.25, 0.3) is 0 Å². The van der Waals surface area contributed by atoms with Gasteiger partial charge in [0.15, 0.2) is 11.5 Å². The summed E-state index contributed by atoms with van der Waals surface area (Å²) < 4.78 is 1.99. The normalized spacial score (nSPS) is 11.5. The maximum atomic E-state index is 4.77. The van der Waals surface area contributed by atoms with Crippen molar-refractivity contribution in [2.75, 3.05) is 11.4 Å². The monoisotopic (exact) mass is 653 g/mol. The summed E-state index contributed by atoms with van der Waals surface area (Å²) in [7, 11) is 0. The van der Waals surface area contributed by atoms with Gasteiger partial charge in [-0.25, -0.2) is 14.6 Å². The van der Waals surface area contributed by atoms with Crippen LogP contribution in [0.15, 0.2) is 152 Å². The number of aromatic nitrogens is 8. The van der Waals surface area contributed by atoms with E-state index in [9.17, 15) is 0 Å². The molecule has 0 aliphatic carbocycles. The second kappa shape index (κ2) is 13.6. The molecule has 3 heterocycles. The topological polar surface area (TPSA) is 101 Å². The summed E-state index contributed by atoms with van der Waals surface area (Å²) in [6, 6.07) is 48.5. The molecule has 0 saturated heterocycles. The minimum atomic E-state index is -0.844. The Hall–Kier alpha value is -6.48. The summed E-state index contributed by atoms with van der Waals surface area (Å²) in [4.78, 5) is 11.2. The highest BCUT2D eigenvalue weighted by molar-refractivity contribution is 5.86. The maximum Gasteiger partial charge on any atom is 0.184 e. The standard InChI is InChI=1S/C41H35N9/c1-2-26-49(39-37-27-44-45-38(37)42-29-43-39)28-30-22-24-31(25-23-30)35-20-12-13-21-36(35)40-46-47-48-50(40)41(32-14-6-3-7-15-32,33-16-8-4-9-17-33)34-18-10-5-11-19-34/h3-25,27,29H,2,26,28H2,1H3,(H,42,43,44,45). The van der Waals surface area contributed by atoms with E-state index in [1.807, 2.05) is 28.9 Å². The van der Waals surface area contributed by atoms with Gasteiger partial charge in [0.1, 0.15) is 17.7 Å². The molecular formula is C41H35N9. The second-order valence-corrected chi connectivity index (χ2v) is 12.2. The van der Waals surface area contributed by atoms with Crippen molar-refractivity contribution in [2.24, 2.45) is 0 Å². The van der Waals surface area contributed by atoms with E-state index in [2.05, 4.69) is 152 Å². The Labute approximate surface area is 290 Å². The van der Waals surface area contributed by atoms with Crippen LogP contribution >= 0.6 is 0 Å². The van der Waals surface area contributed by atoms with Gasteiger partial charge in [0.2, 0.25) is 0 Å². The molecule has 244 valence electrons.